The van der Waals surface area contributed by atoms with Gasteiger partial charge in [0.1, 0.15) is 0 Å². The van der Waals surface area contributed by atoms with Gasteiger partial charge in [0.05, 0.1) is 0 Å². The summed E-state index contributed by atoms with van der Waals surface area (Å²) in [6, 6.07) is 0.0928. The largest absolute Gasteiger partial charge is 2.00 e. The molecule has 0 aromatic rings. The normalized spacial score (nSPS) is 24.8. The molecule has 1 amide bonds. The Balaban J connectivity index is 0.00000169. The Hall–Kier alpha value is 0.158. The summed E-state index contributed by atoms with van der Waals surface area (Å²) >= 11 is 0. The third kappa shape index (κ3) is 3.08. The first-order valence-electron chi connectivity index (χ1n) is 5.02. The molecule has 2 nitrogen and oxygen atoms in total. The summed E-state index contributed by atoms with van der Waals surface area (Å²) in [6.07, 6.45) is 1.99. The van der Waals surface area contributed by atoms with Gasteiger partial charge < -0.3 is 11.8 Å². The van der Waals surface area contributed by atoms with Gasteiger partial charge in [-0.05, 0) is 0 Å². The van der Waals surface area contributed by atoms with E-state index in [0.29, 0.717) is 5.92 Å². The fraction of sp³-hybridized carbons (Fsp3) is 0.727. The first-order valence-corrected chi connectivity index (χ1v) is 5.02. The standard InChI is InChI=1S/C11H19NO.W/c1-8(2)10(4)12-7-5-6-9(3)11(12)13;/h7-10H,4-6H2,1-3H3;/q-2;+2. The molecule has 0 aromatic carbocycles. The van der Waals surface area contributed by atoms with E-state index in [1.165, 1.54) is 0 Å². The van der Waals surface area contributed by atoms with Crippen molar-refractivity contribution in [3.05, 3.63) is 13.5 Å². The van der Waals surface area contributed by atoms with Crippen molar-refractivity contribution in [2.24, 2.45) is 11.8 Å². The molecule has 0 radical (unpaired) electrons. The maximum absolute atomic E-state index is 11.7. The van der Waals surface area contributed by atoms with Gasteiger partial charge in [-0.25, -0.2) is 6.54 Å². The van der Waals surface area contributed by atoms with Crippen molar-refractivity contribution >= 4 is 5.91 Å². The van der Waals surface area contributed by atoms with Crippen LogP contribution in [0.1, 0.15) is 33.6 Å². The number of carbonyl (C=O) groups excluding carboxylic acids is 1. The van der Waals surface area contributed by atoms with E-state index in [1.54, 1.807) is 0 Å². The second-order valence-electron chi connectivity index (χ2n) is 4.22. The summed E-state index contributed by atoms with van der Waals surface area (Å²) < 4.78 is 0. The number of rotatable bonds is 2. The molecule has 0 N–H and O–H groups in total. The number of hydrogen-bond acceptors (Lipinski definition) is 1. The molecule has 3 heteroatoms. The van der Waals surface area contributed by atoms with Crippen molar-refractivity contribution in [1.82, 2.24) is 4.90 Å². The van der Waals surface area contributed by atoms with Crippen molar-refractivity contribution < 1.29 is 25.9 Å². The van der Waals surface area contributed by atoms with Gasteiger partial charge in [-0.2, -0.15) is 6.42 Å². The van der Waals surface area contributed by atoms with Crippen LogP contribution < -0.4 is 0 Å². The molecule has 1 saturated heterocycles. The fourth-order valence-electron chi connectivity index (χ4n) is 1.55. The third-order valence-corrected chi connectivity index (χ3v) is 2.73. The molecule has 1 aliphatic rings. The predicted molar refractivity (Wildman–Crippen MR) is 53.5 cm³/mol. The van der Waals surface area contributed by atoms with Crippen LogP contribution in [-0.2, 0) is 25.9 Å². The molecule has 0 spiro atoms. The maximum Gasteiger partial charge on any atom is 2.00 e. The Morgan fingerprint density at radius 2 is 2.14 bits per heavy atom. The van der Waals surface area contributed by atoms with Gasteiger partial charge >= 0.3 is 21.1 Å². The van der Waals surface area contributed by atoms with Crippen LogP contribution in [0.15, 0.2) is 0 Å². The van der Waals surface area contributed by atoms with E-state index in [1.807, 2.05) is 18.4 Å². The van der Waals surface area contributed by atoms with Crippen molar-refractivity contribution in [2.45, 2.75) is 39.7 Å². The van der Waals surface area contributed by atoms with Crippen molar-refractivity contribution in [3.8, 4) is 0 Å². The average molecular weight is 365 g/mol. The second-order valence-corrected chi connectivity index (χ2v) is 4.22. The Labute approximate surface area is 102 Å². The van der Waals surface area contributed by atoms with E-state index in [9.17, 15) is 4.79 Å². The molecule has 2 unspecified atom stereocenters. The number of carbonyl (C=O) groups is 1. The zero-order chi connectivity index (χ0) is 10.0. The maximum atomic E-state index is 11.7. The molecule has 0 aliphatic carbocycles. The monoisotopic (exact) mass is 365 g/mol. The van der Waals surface area contributed by atoms with Gasteiger partial charge in [-0.1, -0.05) is 33.1 Å². The van der Waals surface area contributed by atoms with Crippen molar-refractivity contribution in [3.63, 3.8) is 0 Å². The van der Waals surface area contributed by atoms with E-state index in [0.717, 1.165) is 12.8 Å². The van der Waals surface area contributed by atoms with E-state index in [2.05, 4.69) is 20.8 Å². The molecule has 80 valence electrons. The minimum Gasteiger partial charge on any atom is -0.515 e. The van der Waals surface area contributed by atoms with Crippen LogP contribution in [0.5, 0.6) is 0 Å². The summed E-state index contributed by atoms with van der Waals surface area (Å²) in [4.78, 5) is 13.5. The number of amides is 1. The predicted octanol–water partition coefficient (Wildman–Crippen LogP) is 2.26. The van der Waals surface area contributed by atoms with Gasteiger partial charge in [-0.15, -0.1) is 6.04 Å². The smallest absolute Gasteiger partial charge is 0.515 e. The quantitative estimate of drug-likeness (QED) is 0.688. The van der Waals surface area contributed by atoms with Crippen LogP contribution >= 0.6 is 0 Å². The zero-order valence-corrected chi connectivity index (χ0v) is 12.1. The molecule has 0 bridgehead atoms. The molecule has 0 aromatic heterocycles. The summed E-state index contributed by atoms with van der Waals surface area (Å²) in [5, 5.41) is 0. The van der Waals surface area contributed by atoms with Crippen molar-refractivity contribution in [2.75, 3.05) is 0 Å². The van der Waals surface area contributed by atoms with E-state index >= 15 is 0 Å². The second kappa shape index (κ2) is 5.90. The molecule has 1 rings (SSSR count). The summed E-state index contributed by atoms with van der Waals surface area (Å²) in [5.41, 5.74) is 0. The van der Waals surface area contributed by atoms with E-state index in [-0.39, 0.29) is 38.9 Å². The van der Waals surface area contributed by atoms with Crippen molar-refractivity contribution in [1.29, 1.82) is 0 Å². The van der Waals surface area contributed by atoms with Gasteiger partial charge in [0.15, 0.2) is 5.91 Å². The molecule has 1 aliphatic heterocycles. The molecule has 1 fully saturated rings. The third-order valence-electron chi connectivity index (χ3n) is 2.73. The van der Waals surface area contributed by atoms with Gasteiger partial charge in [0.25, 0.3) is 0 Å². The molecule has 0 saturated carbocycles. The van der Waals surface area contributed by atoms with Gasteiger partial charge in [0.2, 0.25) is 0 Å². The first-order chi connectivity index (χ1) is 6.04. The molecule has 14 heavy (non-hydrogen) atoms. The Morgan fingerprint density at radius 3 is 2.64 bits per heavy atom. The van der Waals surface area contributed by atoms with Crippen LogP contribution in [0.4, 0.5) is 0 Å². The number of hydrogen-bond donors (Lipinski definition) is 0. The molecule has 2 atom stereocenters. The SMILES string of the molecule is [CH2-]C(C(C)C)N1[CH-]CCC(C)C1=O.[W+2]. The number of likely N-dealkylation sites (tertiary alicyclic amines) is 1. The van der Waals surface area contributed by atoms with E-state index < -0.39 is 0 Å². The minimum atomic E-state index is 0. The minimum absolute atomic E-state index is 0. The van der Waals surface area contributed by atoms with Crippen LogP contribution in [0.25, 0.3) is 0 Å². The number of nitrogens with zero attached hydrogens (tertiary/aromatic N) is 1. The Morgan fingerprint density at radius 1 is 1.57 bits per heavy atom. The fourth-order valence-corrected chi connectivity index (χ4v) is 1.55. The van der Waals surface area contributed by atoms with Crippen LogP contribution in [0, 0.1) is 25.3 Å². The summed E-state index contributed by atoms with van der Waals surface area (Å²) in [5.74, 6) is 0.832. The Kier molecular flexibility index (Phi) is 5.97. The van der Waals surface area contributed by atoms with Crippen LogP contribution in [-0.4, -0.2) is 16.8 Å². The topological polar surface area (TPSA) is 20.3 Å². The summed E-state index contributed by atoms with van der Waals surface area (Å²) in [7, 11) is 0. The summed E-state index contributed by atoms with van der Waals surface area (Å²) in [6.45, 7) is 12.2. The van der Waals surface area contributed by atoms with Gasteiger partial charge in [0, 0.05) is 5.92 Å². The van der Waals surface area contributed by atoms with E-state index in [4.69, 9.17) is 0 Å². The molecule has 1 heterocycles. The first kappa shape index (κ1) is 14.2. The molecular formula is C11H19NOW. The van der Waals surface area contributed by atoms with Gasteiger partial charge in [-0.3, -0.25) is 4.79 Å². The Bertz CT molecular complexity index is 194. The zero-order valence-electron chi connectivity index (χ0n) is 9.19. The average Bonchev–Trinajstić information content (AvgIpc) is 2.08. The van der Waals surface area contributed by atoms with Crippen LogP contribution in [0.3, 0.4) is 0 Å². The molecular weight excluding hydrogens is 346 g/mol. The van der Waals surface area contributed by atoms with Crippen LogP contribution in [0.2, 0.25) is 0 Å². The number of piperidine rings is 1.